The number of benzene rings is 1. The smallest absolute Gasteiger partial charge is 0.391 e. The zero-order valence-electron chi connectivity index (χ0n) is 12.8. The van der Waals surface area contributed by atoms with Crippen molar-refractivity contribution in [1.82, 2.24) is 4.90 Å². The normalized spacial score (nSPS) is 29.8. The number of hydrogen-bond acceptors (Lipinski definition) is 3. The molecule has 124 valence electrons. The Labute approximate surface area is 128 Å². The number of aliphatic hydroxyl groups is 1. The van der Waals surface area contributed by atoms with Crippen molar-refractivity contribution in [1.29, 1.82) is 0 Å². The van der Waals surface area contributed by atoms with Crippen LogP contribution in [0.4, 0.5) is 13.2 Å². The second-order valence-electron chi connectivity index (χ2n) is 6.45. The molecule has 22 heavy (non-hydrogen) atoms. The lowest BCUT2D eigenvalue weighted by atomic mass is 9.67. The summed E-state index contributed by atoms with van der Waals surface area (Å²) in [7, 11) is 3.68. The van der Waals surface area contributed by atoms with Gasteiger partial charge in [-0.25, -0.2) is 0 Å². The number of phenolic OH excluding ortho intramolecular Hbond substituents is 1. The first kappa shape index (κ1) is 17.1. The zero-order valence-corrected chi connectivity index (χ0v) is 12.8. The lowest BCUT2D eigenvalue weighted by Gasteiger charge is -2.45. The molecule has 2 rings (SSSR count). The third kappa shape index (κ3) is 3.55. The van der Waals surface area contributed by atoms with Crippen molar-refractivity contribution in [3.05, 3.63) is 29.8 Å². The molecular formula is C16H22F3NO2. The van der Waals surface area contributed by atoms with Gasteiger partial charge in [-0.3, -0.25) is 0 Å². The first-order valence-corrected chi connectivity index (χ1v) is 7.36. The van der Waals surface area contributed by atoms with Crippen molar-refractivity contribution >= 4 is 0 Å². The fraction of sp³-hybridized carbons (Fsp3) is 0.625. The fourth-order valence-corrected chi connectivity index (χ4v) is 3.35. The fourth-order valence-electron chi connectivity index (χ4n) is 3.35. The molecule has 1 aromatic rings. The molecule has 1 fully saturated rings. The van der Waals surface area contributed by atoms with Crippen molar-refractivity contribution in [2.75, 3.05) is 20.6 Å². The van der Waals surface area contributed by atoms with Crippen LogP contribution >= 0.6 is 0 Å². The third-order valence-electron chi connectivity index (χ3n) is 4.51. The van der Waals surface area contributed by atoms with E-state index in [1.807, 2.05) is 19.0 Å². The minimum Gasteiger partial charge on any atom is -0.508 e. The highest BCUT2D eigenvalue weighted by molar-refractivity contribution is 5.31. The van der Waals surface area contributed by atoms with Crippen LogP contribution in [0.25, 0.3) is 0 Å². The molecule has 1 aliphatic carbocycles. The van der Waals surface area contributed by atoms with Crippen LogP contribution in [-0.4, -0.2) is 41.9 Å². The van der Waals surface area contributed by atoms with Gasteiger partial charge in [0.05, 0.1) is 11.5 Å². The predicted octanol–water partition coefficient (Wildman–Crippen LogP) is 3.12. The number of rotatable bonds is 3. The molecule has 0 spiro atoms. The Morgan fingerprint density at radius 1 is 1.18 bits per heavy atom. The maximum Gasteiger partial charge on any atom is 0.391 e. The van der Waals surface area contributed by atoms with E-state index in [4.69, 9.17) is 0 Å². The summed E-state index contributed by atoms with van der Waals surface area (Å²) in [6.07, 6.45) is -4.27. The summed E-state index contributed by atoms with van der Waals surface area (Å²) in [6, 6.07) is 5.82. The zero-order chi connectivity index (χ0) is 16.5. The summed E-state index contributed by atoms with van der Waals surface area (Å²) in [4.78, 5) is 1.88. The number of aromatic hydroxyl groups is 1. The monoisotopic (exact) mass is 317 g/mol. The SMILES string of the molecule is CN(C)CC1CCC(C(F)(F)F)CC1(O)c1ccc(O)cc1. The standard InChI is InChI=1S/C16H22F3NO2/c1-20(2)10-13-4-3-12(16(17,18)19)9-15(13,22)11-5-7-14(21)8-6-11/h5-8,12-13,21-22H,3-4,9-10H2,1-2H3. The number of alkyl halides is 3. The van der Waals surface area contributed by atoms with Gasteiger partial charge in [0.15, 0.2) is 0 Å². The first-order chi connectivity index (χ1) is 10.1. The Bertz CT molecular complexity index is 501. The van der Waals surface area contributed by atoms with E-state index in [-0.39, 0.29) is 24.5 Å². The van der Waals surface area contributed by atoms with E-state index >= 15 is 0 Å². The van der Waals surface area contributed by atoms with Gasteiger partial charge in [-0.1, -0.05) is 12.1 Å². The summed E-state index contributed by atoms with van der Waals surface area (Å²) in [5.41, 5.74) is -1.10. The number of hydrogen-bond donors (Lipinski definition) is 2. The third-order valence-corrected chi connectivity index (χ3v) is 4.51. The number of nitrogens with zero attached hydrogens (tertiary/aromatic N) is 1. The van der Waals surface area contributed by atoms with Gasteiger partial charge in [0.25, 0.3) is 0 Å². The van der Waals surface area contributed by atoms with Gasteiger partial charge >= 0.3 is 6.18 Å². The van der Waals surface area contributed by atoms with Gasteiger partial charge in [0.1, 0.15) is 5.75 Å². The van der Waals surface area contributed by atoms with Crippen LogP contribution < -0.4 is 0 Å². The van der Waals surface area contributed by atoms with E-state index in [2.05, 4.69) is 0 Å². The van der Waals surface area contributed by atoms with Crippen molar-refractivity contribution < 1.29 is 23.4 Å². The van der Waals surface area contributed by atoms with E-state index < -0.39 is 17.7 Å². The summed E-state index contributed by atoms with van der Waals surface area (Å²) in [5.74, 6) is -1.74. The molecule has 0 heterocycles. The minimum absolute atomic E-state index is 0.0275. The average Bonchev–Trinajstić information content (AvgIpc) is 2.40. The van der Waals surface area contributed by atoms with Gasteiger partial charge < -0.3 is 15.1 Å². The van der Waals surface area contributed by atoms with Crippen LogP contribution in [0.5, 0.6) is 5.75 Å². The van der Waals surface area contributed by atoms with E-state index in [9.17, 15) is 23.4 Å². The van der Waals surface area contributed by atoms with Gasteiger partial charge in [-0.15, -0.1) is 0 Å². The Morgan fingerprint density at radius 2 is 1.77 bits per heavy atom. The second kappa shape index (κ2) is 6.08. The van der Waals surface area contributed by atoms with Gasteiger partial charge in [0, 0.05) is 12.5 Å². The van der Waals surface area contributed by atoms with Crippen molar-refractivity contribution in [3.8, 4) is 5.75 Å². The topological polar surface area (TPSA) is 43.7 Å². The maximum atomic E-state index is 13.1. The van der Waals surface area contributed by atoms with Crippen molar-refractivity contribution in [3.63, 3.8) is 0 Å². The summed E-state index contributed by atoms with van der Waals surface area (Å²) in [5, 5.41) is 20.4. The summed E-state index contributed by atoms with van der Waals surface area (Å²) < 4.78 is 39.3. The quantitative estimate of drug-likeness (QED) is 0.900. The largest absolute Gasteiger partial charge is 0.508 e. The molecule has 2 N–H and O–H groups in total. The van der Waals surface area contributed by atoms with Gasteiger partial charge in [-0.2, -0.15) is 13.2 Å². The Morgan fingerprint density at radius 3 is 2.27 bits per heavy atom. The highest BCUT2D eigenvalue weighted by Gasteiger charge is 2.51. The molecule has 1 aromatic carbocycles. The Kier molecular flexibility index (Phi) is 4.73. The minimum atomic E-state index is -4.30. The van der Waals surface area contributed by atoms with E-state index in [0.717, 1.165) is 0 Å². The van der Waals surface area contributed by atoms with E-state index in [1.54, 1.807) is 0 Å². The maximum absolute atomic E-state index is 13.1. The van der Waals surface area contributed by atoms with Gasteiger partial charge in [0.2, 0.25) is 0 Å². The summed E-state index contributed by atoms with van der Waals surface area (Å²) >= 11 is 0. The molecule has 1 saturated carbocycles. The highest BCUT2D eigenvalue weighted by atomic mass is 19.4. The molecular weight excluding hydrogens is 295 g/mol. The van der Waals surface area contributed by atoms with Crippen LogP contribution in [0.15, 0.2) is 24.3 Å². The Hall–Kier alpha value is -1.27. The molecule has 0 saturated heterocycles. The molecule has 6 heteroatoms. The number of halogens is 3. The molecule has 0 amide bonds. The lowest BCUT2D eigenvalue weighted by Crippen LogP contribution is -2.48. The molecule has 3 atom stereocenters. The van der Waals surface area contributed by atoms with Crippen LogP contribution in [0, 0.1) is 11.8 Å². The molecule has 0 radical (unpaired) electrons. The lowest BCUT2D eigenvalue weighted by molar-refractivity contribution is -0.212. The predicted molar refractivity (Wildman–Crippen MR) is 77.4 cm³/mol. The molecule has 0 bridgehead atoms. The van der Waals surface area contributed by atoms with Crippen LogP contribution in [0.2, 0.25) is 0 Å². The van der Waals surface area contributed by atoms with E-state index in [0.29, 0.717) is 18.5 Å². The first-order valence-electron chi connectivity index (χ1n) is 7.36. The average molecular weight is 317 g/mol. The van der Waals surface area contributed by atoms with Crippen LogP contribution in [0.3, 0.4) is 0 Å². The highest BCUT2D eigenvalue weighted by Crippen LogP contribution is 2.49. The summed E-state index contributed by atoms with van der Waals surface area (Å²) in [6.45, 7) is 0.516. The molecule has 3 nitrogen and oxygen atoms in total. The van der Waals surface area contributed by atoms with Crippen LogP contribution in [0.1, 0.15) is 24.8 Å². The molecule has 0 aliphatic heterocycles. The Balaban J connectivity index is 2.35. The molecule has 3 unspecified atom stereocenters. The van der Waals surface area contributed by atoms with Gasteiger partial charge in [-0.05, 0) is 51.1 Å². The second-order valence-corrected chi connectivity index (χ2v) is 6.45. The van der Waals surface area contributed by atoms with E-state index in [1.165, 1.54) is 24.3 Å². The molecule has 1 aliphatic rings. The van der Waals surface area contributed by atoms with Crippen molar-refractivity contribution in [2.45, 2.75) is 31.0 Å². The molecule has 0 aromatic heterocycles. The van der Waals surface area contributed by atoms with Crippen LogP contribution in [-0.2, 0) is 5.60 Å². The van der Waals surface area contributed by atoms with Crippen molar-refractivity contribution in [2.24, 2.45) is 11.8 Å². The number of phenols is 1.